The Bertz CT molecular complexity index is 375. The molecule has 3 heterocycles. The van der Waals surface area contributed by atoms with E-state index in [2.05, 4.69) is 20.1 Å². The van der Waals surface area contributed by atoms with E-state index in [-0.39, 0.29) is 0 Å². The molecular formula is C11H16N4. The van der Waals surface area contributed by atoms with Crippen molar-refractivity contribution in [3.05, 3.63) is 17.7 Å². The molecule has 2 atom stereocenters. The van der Waals surface area contributed by atoms with E-state index in [9.17, 15) is 0 Å². The average molecular weight is 204 g/mol. The minimum atomic E-state index is 0.291. The van der Waals surface area contributed by atoms with Crippen molar-refractivity contribution in [1.82, 2.24) is 20.1 Å². The molecule has 1 aromatic rings. The van der Waals surface area contributed by atoms with E-state index in [1.807, 2.05) is 13.1 Å². The van der Waals surface area contributed by atoms with Gasteiger partial charge in [-0.25, -0.2) is 4.98 Å². The number of rotatable bonds is 1. The standard InChI is InChI=1S/C11H16N4/c1-9-13-10(7-12-14-9)11-3-2-5-15(8-11)6-4-11/h7H,2-6,8H2,1H3. The van der Waals surface area contributed by atoms with Gasteiger partial charge in [0.25, 0.3) is 0 Å². The monoisotopic (exact) mass is 204 g/mol. The normalized spacial score (nSPS) is 34.3. The molecule has 0 radical (unpaired) electrons. The van der Waals surface area contributed by atoms with Crippen LogP contribution >= 0.6 is 0 Å². The molecule has 0 aromatic carbocycles. The van der Waals surface area contributed by atoms with Crippen molar-refractivity contribution in [2.45, 2.75) is 31.6 Å². The highest BCUT2D eigenvalue weighted by Crippen LogP contribution is 2.40. The minimum Gasteiger partial charge on any atom is -0.302 e. The van der Waals surface area contributed by atoms with E-state index >= 15 is 0 Å². The van der Waals surface area contributed by atoms with Crippen molar-refractivity contribution in [1.29, 1.82) is 0 Å². The topological polar surface area (TPSA) is 41.9 Å². The molecule has 1 aromatic heterocycles. The summed E-state index contributed by atoms with van der Waals surface area (Å²) in [7, 11) is 0. The first-order valence-corrected chi connectivity index (χ1v) is 5.68. The Kier molecular flexibility index (Phi) is 1.99. The summed E-state index contributed by atoms with van der Waals surface area (Å²) in [5.41, 5.74) is 1.45. The molecule has 0 N–H and O–H groups in total. The van der Waals surface area contributed by atoms with Crippen molar-refractivity contribution in [2.24, 2.45) is 0 Å². The third-order valence-corrected chi connectivity index (χ3v) is 3.77. The maximum atomic E-state index is 4.57. The van der Waals surface area contributed by atoms with Gasteiger partial charge in [-0.3, -0.25) is 0 Å². The summed E-state index contributed by atoms with van der Waals surface area (Å²) in [6, 6.07) is 0. The lowest BCUT2D eigenvalue weighted by molar-refractivity contribution is 0.239. The van der Waals surface area contributed by atoms with Gasteiger partial charge in [0, 0.05) is 12.0 Å². The summed E-state index contributed by atoms with van der Waals surface area (Å²) < 4.78 is 0. The molecule has 0 amide bonds. The van der Waals surface area contributed by atoms with Crippen LogP contribution in [0.3, 0.4) is 0 Å². The Morgan fingerprint density at radius 1 is 1.33 bits per heavy atom. The summed E-state index contributed by atoms with van der Waals surface area (Å²) in [5, 5.41) is 7.98. The van der Waals surface area contributed by atoms with Crippen LogP contribution in [0.2, 0.25) is 0 Å². The summed E-state index contributed by atoms with van der Waals surface area (Å²) in [5.74, 6) is 0.797. The number of aromatic nitrogens is 3. The molecule has 0 spiro atoms. The minimum absolute atomic E-state index is 0.291. The average Bonchev–Trinajstić information content (AvgIpc) is 2.56. The van der Waals surface area contributed by atoms with Gasteiger partial charge in [0.2, 0.25) is 0 Å². The van der Waals surface area contributed by atoms with Crippen LogP contribution in [0, 0.1) is 6.92 Å². The lowest BCUT2D eigenvalue weighted by atomic mass is 9.78. The maximum Gasteiger partial charge on any atom is 0.148 e. The van der Waals surface area contributed by atoms with Crippen LogP contribution in [-0.2, 0) is 5.41 Å². The second-order valence-electron chi connectivity index (χ2n) is 4.80. The second kappa shape index (κ2) is 3.23. The van der Waals surface area contributed by atoms with E-state index < -0.39 is 0 Å². The van der Waals surface area contributed by atoms with Gasteiger partial charge in [-0.15, -0.1) is 5.10 Å². The number of hydrogen-bond acceptors (Lipinski definition) is 4. The van der Waals surface area contributed by atoms with E-state index in [1.54, 1.807) is 0 Å². The van der Waals surface area contributed by atoms with Crippen LogP contribution in [0.5, 0.6) is 0 Å². The molecule has 2 aliphatic heterocycles. The van der Waals surface area contributed by atoms with Crippen molar-refractivity contribution in [3.63, 3.8) is 0 Å². The predicted molar refractivity (Wildman–Crippen MR) is 56.5 cm³/mol. The smallest absolute Gasteiger partial charge is 0.148 e. The SMILES string of the molecule is Cc1nncc(C23CCCN(CC2)C3)n1. The highest BCUT2D eigenvalue weighted by molar-refractivity contribution is 5.18. The van der Waals surface area contributed by atoms with Crippen molar-refractivity contribution in [3.8, 4) is 0 Å². The van der Waals surface area contributed by atoms with E-state index in [1.165, 1.54) is 38.9 Å². The Morgan fingerprint density at radius 3 is 3.13 bits per heavy atom. The van der Waals surface area contributed by atoms with Crippen LogP contribution in [0.1, 0.15) is 30.8 Å². The molecule has 0 saturated carbocycles. The van der Waals surface area contributed by atoms with Gasteiger partial charge in [0.15, 0.2) is 0 Å². The van der Waals surface area contributed by atoms with Crippen molar-refractivity contribution >= 4 is 0 Å². The van der Waals surface area contributed by atoms with Crippen LogP contribution in [0.25, 0.3) is 0 Å². The molecular weight excluding hydrogens is 188 g/mol. The molecule has 4 nitrogen and oxygen atoms in total. The van der Waals surface area contributed by atoms with Crippen molar-refractivity contribution < 1.29 is 0 Å². The summed E-state index contributed by atoms with van der Waals surface area (Å²) >= 11 is 0. The zero-order valence-electron chi connectivity index (χ0n) is 9.11. The van der Waals surface area contributed by atoms with Gasteiger partial charge >= 0.3 is 0 Å². The molecule has 2 aliphatic rings. The highest BCUT2D eigenvalue weighted by Gasteiger charge is 2.43. The third-order valence-electron chi connectivity index (χ3n) is 3.77. The Balaban J connectivity index is 1.98. The lowest BCUT2D eigenvalue weighted by Crippen LogP contribution is -2.37. The van der Waals surface area contributed by atoms with E-state index in [4.69, 9.17) is 0 Å². The summed E-state index contributed by atoms with van der Waals surface area (Å²) in [6.45, 7) is 5.58. The zero-order valence-corrected chi connectivity index (χ0v) is 9.11. The van der Waals surface area contributed by atoms with Crippen molar-refractivity contribution in [2.75, 3.05) is 19.6 Å². The molecule has 3 rings (SSSR count). The Morgan fingerprint density at radius 2 is 2.27 bits per heavy atom. The molecule has 80 valence electrons. The van der Waals surface area contributed by atoms with E-state index in [0.717, 1.165) is 11.5 Å². The van der Waals surface area contributed by atoms with E-state index in [0.29, 0.717) is 5.41 Å². The van der Waals surface area contributed by atoms with Gasteiger partial charge in [-0.1, -0.05) is 0 Å². The van der Waals surface area contributed by atoms with Crippen LogP contribution < -0.4 is 0 Å². The number of nitrogens with zero attached hydrogens (tertiary/aromatic N) is 4. The third kappa shape index (κ3) is 1.44. The largest absolute Gasteiger partial charge is 0.302 e. The fourth-order valence-electron chi connectivity index (χ4n) is 2.98. The first kappa shape index (κ1) is 9.21. The first-order chi connectivity index (χ1) is 7.28. The van der Waals surface area contributed by atoms with Crippen LogP contribution in [0.4, 0.5) is 0 Å². The van der Waals surface area contributed by atoms with Gasteiger partial charge in [0.1, 0.15) is 5.82 Å². The molecule has 2 saturated heterocycles. The first-order valence-electron chi connectivity index (χ1n) is 5.68. The van der Waals surface area contributed by atoms with Gasteiger partial charge < -0.3 is 4.90 Å². The second-order valence-corrected chi connectivity index (χ2v) is 4.80. The fourth-order valence-corrected chi connectivity index (χ4v) is 2.98. The van der Waals surface area contributed by atoms with Gasteiger partial charge in [0.05, 0.1) is 11.9 Å². The van der Waals surface area contributed by atoms with Crippen LogP contribution in [0.15, 0.2) is 6.20 Å². The summed E-state index contributed by atoms with van der Waals surface area (Å²) in [4.78, 5) is 7.11. The molecule has 2 bridgehead atoms. The van der Waals surface area contributed by atoms with Gasteiger partial charge in [-0.05, 0) is 39.3 Å². The van der Waals surface area contributed by atoms with Crippen LogP contribution in [-0.4, -0.2) is 39.7 Å². The number of aryl methyl sites for hydroxylation is 1. The zero-order chi connectivity index (χ0) is 10.3. The number of piperidine rings is 1. The van der Waals surface area contributed by atoms with Gasteiger partial charge in [-0.2, -0.15) is 5.10 Å². The number of fused-ring (bicyclic) bond motifs is 2. The maximum absolute atomic E-state index is 4.57. The molecule has 2 unspecified atom stereocenters. The highest BCUT2D eigenvalue weighted by atomic mass is 15.2. The summed E-state index contributed by atoms with van der Waals surface area (Å²) in [6.07, 6.45) is 5.66. The molecule has 2 fully saturated rings. The predicted octanol–water partition coefficient (Wildman–Crippen LogP) is 0.917. The quantitative estimate of drug-likeness (QED) is 0.682. The molecule has 0 aliphatic carbocycles. The Hall–Kier alpha value is -1.03. The fraction of sp³-hybridized carbons (Fsp3) is 0.727. The Labute approximate surface area is 89.7 Å². The number of hydrogen-bond donors (Lipinski definition) is 0. The molecule has 15 heavy (non-hydrogen) atoms. The lowest BCUT2D eigenvalue weighted by Gasteiger charge is -2.33. The molecule has 4 heteroatoms.